The molecule has 0 fully saturated rings. The summed E-state index contributed by atoms with van der Waals surface area (Å²) in [5.74, 6) is 1.25. The normalized spacial score (nSPS) is 10.9. The van der Waals surface area contributed by atoms with E-state index in [-0.39, 0.29) is 5.41 Å². The first-order valence-corrected chi connectivity index (χ1v) is 5.80. The lowest BCUT2D eigenvalue weighted by atomic mass is 9.92. The van der Waals surface area contributed by atoms with Crippen molar-refractivity contribution in [1.29, 1.82) is 5.26 Å². The van der Waals surface area contributed by atoms with Gasteiger partial charge in [0.25, 0.3) is 0 Å². The fourth-order valence-corrected chi connectivity index (χ4v) is 1.45. The molecule has 0 unspecified atom stereocenters. The van der Waals surface area contributed by atoms with Gasteiger partial charge in [-0.2, -0.15) is 5.26 Å². The molecule has 1 rings (SSSR count). The van der Waals surface area contributed by atoms with Crippen LogP contribution in [0.15, 0.2) is 24.3 Å². The zero-order valence-electron chi connectivity index (χ0n) is 9.66. The van der Waals surface area contributed by atoms with Crippen molar-refractivity contribution in [2.75, 3.05) is 6.61 Å². The molecule has 0 bridgehead atoms. The third kappa shape index (κ3) is 3.75. The SMILES string of the molecule is CC(C)(C#N)CCOc1ccccc1CCl. The van der Waals surface area contributed by atoms with E-state index in [4.69, 9.17) is 21.6 Å². The van der Waals surface area contributed by atoms with E-state index in [1.54, 1.807) is 0 Å². The molecule has 0 aliphatic rings. The first-order chi connectivity index (χ1) is 7.59. The quantitative estimate of drug-likeness (QED) is 0.731. The van der Waals surface area contributed by atoms with Crippen LogP contribution in [0.2, 0.25) is 0 Å². The Hall–Kier alpha value is -1.20. The first kappa shape index (κ1) is 12.9. The van der Waals surface area contributed by atoms with Gasteiger partial charge in [-0.1, -0.05) is 18.2 Å². The number of halogens is 1. The highest BCUT2D eigenvalue weighted by molar-refractivity contribution is 6.17. The Labute approximate surface area is 102 Å². The molecule has 0 saturated carbocycles. The number of hydrogen-bond donors (Lipinski definition) is 0. The summed E-state index contributed by atoms with van der Waals surface area (Å²) in [6, 6.07) is 9.94. The Kier molecular flexibility index (Phi) is 4.64. The second-order valence-electron chi connectivity index (χ2n) is 4.34. The van der Waals surface area contributed by atoms with Crippen molar-refractivity contribution in [2.45, 2.75) is 26.1 Å². The Morgan fingerprint density at radius 1 is 1.38 bits per heavy atom. The summed E-state index contributed by atoms with van der Waals surface area (Å²) in [7, 11) is 0. The van der Waals surface area contributed by atoms with E-state index in [0.29, 0.717) is 18.9 Å². The summed E-state index contributed by atoms with van der Waals surface area (Å²) in [4.78, 5) is 0. The lowest BCUT2D eigenvalue weighted by Gasteiger charge is -2.16. The van der Waals surface area contributed by atoms with Crippen molar-refractivity contribution in [3.05, 3.63) is 29.8 Å². The van der Waals surface area contributed by atoms with Crippen LogP contribution in [0.3, 0.4) is 0 Å². The van der Waals surface area contributed by atoms with E-state index in [9.17, 15) is 0 Å². The third-order valence-electron chi connectivity index (χ3n) is 2.40. The number of benzene rings is 1. The van der Waals surface area contributed by atoms with Gasteiger partial charge < -0.3 is 4.74 Å². The van der Waals surface area contributed by atoms with E-state index in [1.807, 2.05) is 38.1 Å². The molecule has 0 heterocycles. The Morgan fingerprint density at radius 3 is 2.69 bits per heavy atom. The van der Waals surface area contributed by atoms with Crippen LogP contribution in [0.25, 0.3) is 0 Å². The summed E-state index contributed by atoms with van der Waals surface area (Å²) < 4.78 is 5.63. The molecule has 0 aliphatic carbocycles. The highest BCUT2D eigenvalue weighted by atomic mass is 35.5. The van der Waals surface area contributed by atoms with Crippen LogP contribution < -0.4 is 4.74 Å². The monoisotopic (exact) mass is 237 g/mol. The van der Waals surface area contributed by atoms with Crippen molar-refractivity contribution in [3.8, 4) is 11.8 Å². The van der Waals surface area contributed by atoms with Gasteiger partial charge >= 0.3 is 0 Å². The topological polar surface area (TPSA) is 33.0 Å². The standard InChI is InChI=1S/C13H16ClNO/c1-13(2,10-15)7-8-16-12-6-4-3-5-11(12)9-14/h3-6H,7-9H2,1-2H3. The predicted octanol–water partition coefficient (Wildman–Crippen LogP) is 3.74. The fraction of sp³-hybridized carbons (Fsp3) is 0.462. The maximum atomic E-state index is 8.87. The average Bonchev–Trinajstić information content (AvgIpc) is 2.29. The molecule has 0 aromatic heterocycles. The van der Waals surface area contributed by atoms with E-state index in [1.165, 1.54) is 0 Å². The second-order valence-corrected chi connectivity index (χ2v) is 4.60. The molecule has 0 atom stereocenters. The molecule has 0 spiro atoms. The van der Waals surface area contributed by atoms with E-state index in [2.05, 4.69) is 6.07 Å². The molecular weight excluding hydrogens is 222 g/mol. The number of alkyl halides is 1. The smallest absolute Gasteiger partial charge is 0.123 e. The van der Waals surface area contributed by atoms with Crippen LogP contribution in [0.1, 0.15) is 25.8 Å². The Bertz CT molecular complexity index is 382. The van der Waals surface area contributed by atoms with Gasteiger partial charge in [-0.15, -0.1) is 11.6 Å². The third-order valence-corrected chi connectivity index (χ3v) is 2.69. The maximum absolute atomic E-state index is 8.87. The van der Waals surface area contributed by atoms with Crippen LogP contribution >= 0.6 is 11.6 Å². The number of ether oxygens (including phenoxy) is 1. The summed E-state index contributed by atoms with van der Waals surface area (Å²) in [5.41, 5.74) is 0.648. The van der Waals surface area contributed by atoms with Gasteiger partial charge in [-0.3, -0.25) is 0 Å². The van der Waals surface area contributed by atoms with E-state index in [0.717, 1.165) is 11.3 Å². The molecule has 86 valence electrons. The second kappa shape index (κ2) is 5.77. The van der Waals surface area contributed by atoms with E-state index < -0.39 is 0 Å². The van der Waals surface area contributed by atoms with Crippen LogP contribution in [0.4, 0.5) is 0 Å². The minimum absolute atomic E-state index is 0.337. The van der Waals surface area contributed by atoms with Crippen LogP contribution in [-0.4, -0.2) is 6.61 Å². The van der Waals surface area contributed by atoms with Gasteiger partial charge in [-0.05, 0) is 26.3 Å². The maximum Gasteiger partial charge on any atom is 0.123 e. The van der Waals surface area contributed by atoms with Gasteiger partial charge in [-0.25, -0.2) is 0 Å². The van der Waals surface area contributed by atoms with Crippen molar-refractivity contribution < 1.29 is 4.74 Å². The molecule has 0 aliphatic heterocycles. The van der Waals surface area contributed by atoms with Crippen molar-refractivity contribution in [1.82, 2.24) is 0 Å². The highest BCUT2D eigenvalue weighted by Crippen LogP contribution is 2.22. The van der Waals surface area contributed by atoms with E-state index >= 15 is 0 Å². The van der Waals surface area contributed by atoms with Crippen molar-refractivity contribution in [3.63, 3.8) is 0 Å². The number of rotatable bonds is 5. The molecule has 3 heteroatoms. The average molecular weight is 238 g/mol. The molecular formula is C13H16ClNO. The summed E-state index contributed by atoms with van der Waals surface area (Å²) in [6.45, 7) is 4.35. The van der Waals surface area contributed by atoms with Gasteiger partial charge in [0.05, 0.1) is 24.0 Å². The largest absolute Gasteiger partial charge is 0.493 e. The molecule has 2 nitrogen and oxygen atoms in total. The van der Waals surface area contributed by atoms with Gasteiger partial charge in [0.1, 0.15) is 5.75 Å². The van der Waals surface area contributed by atoms with Crippen LogP contribution in [-0.2, 0) is 5.88 Å². The van der Waals surface area contributed by atoms with Gasteiger partial charge in [0, 0.05) is 5.56 Å². The Morgan fingerprint density at radius 2 is 2.06 bits per heavy atom. The highest BCUT2D eigenvalue weighted by Gasteiger charge is 2.16. The molecule has 0 N–H and O–H groups in total. The number of nitriles is 1. The first-order valence-electron chi connectivity index (χ1n) is 5.27. The number of nitrogens with zero attached hydrogens (tertiary/aromatic N) is 1. The zero-order valence-corrected chi connectivity index (χ0v) is 10.4. The minimum atomic E-state index is -0.337. The molecule has 0 radical (unpaired) electrons. The molecule has 1 aromatic carbocycles. The summed E-state index contributed by atoms with van der Waals surface area (Å²) >= 11 is 5.80. The van der Waals surface area contributed by atoms with Crippen molar-refractivity contribution in [2.24, 2.45) is 5.41 Å². The lowest BCUT2D eigenvalue weighted by Crippen LogP contribution is -2.13. The minimum Gasteiger partial charge on any atom is -0.493 e. The predicted molar refractivity (Wildman–Crippen MR) is 65.5 cm³/mol. The number of para-hydroxylation sites is 1. The number of hydrogen-bond acceptors (Lipinski definition) is 2. The molecule has 0 amide bonds. The molecule has 1 aromatic rings. The van der Waals surface area contributed by atoms with Crippen molar-refractivity contribution >= 4 is 11.6 Å². The molecule has 16 heavy (non-hydrogen) atoms. The van der Waals surface area contributed by atoms with Crippen LogP contribution in [0, 0.1) is 16.7 Å². The van der Waals surface area contributed by atoms with Gasteiger partial charge in [0.2, 0.25) is 0 Å². The summed E-state index contributed by atoms with van der Waals surface area (Å²) in [6.07, 6.45) is 0.708. The molecule has 0 saturated heterocycles. The Balaban J connectivity index is 2.53. The van der Waals surface area contributed by atoms with Crippen LogP contribution in [0.5, 0.6) is 5.75 Å². The summed E-state index contributed by atoms with van der Waals surface area (Å²) in [5, 5.41) is 8.87. The zero-order chi connectivity index (χ0) is 12.0. The fourth-order valence-electron chi connectivity index (χ4n) is 1.23. The van der Waals surface area contributed by atoms with Gasteiger partial charge in [0.15, 0.2) is 0 Å². The lowest BCUT2D eigenvalue weighted by molar-refractivity contribution is 0.263.